The summed E-state index contributed by atoms with van der Waals surface area (Å²) in [7, 11) is 0. The Labute approximate surface area is 373 Å². The number of nitrogens with zero attached hydrogens (tertiary/aromatic N) is 4. The molecule has 0 saturated carbocycles. The molecule has 64 heavy (non-hydrogen) atoms. The van der Waals surface area contributed by atoms with Crippen LogP contribution in [0.25, 0.3) is 126 Å². The first-order chi connectivity index (χ1) is 31.7. The van der Waals surface area contributed by atoms with Crippen LogP contribution in [0.1, 0.15) is 0 Å². The van der Waals surface area contributed by atoms with Crippen LogP contribution in [-0.4, -0.2) is 19.5 Å². The van der Waals surface area contributed by atoms with Crippen molar-refractivity contribution in [3.05, 3.63) is 218 Å². The van der Waals surface area contributed by atoms with E-state index < -0.39 is 0 Å². The first-order valence-corrected chi connectivity index (χ1v) is 22.4. The van der Waals surface area contributed by atoms with Gasteiger partial charge in [-0.25, -0.2) is 15.0 Å². The predicted octanol–water partition coefficient (Wildman–Crippen LogP) is 16.0. The van der Waals surface area contributed by atoms with Crippen LogP contribution in [0.5, 0.6) is 0 Å². The van der Waals surface area contributed by atoms with Crippen LogP contribution in [0.3, 0.4) is 0 Å². The van der Waals surface area contributed by atoms with E-state index in [1.807, 2.05) is 11.3 Å². The third kappa shape index (κ3) is 5.86. The van der Waals surface area contributed by atoms with E-state index in [0.29, 0.717) is 17.5 Å². The molecule has 0 fully saturated rings. The normalized spacial score (nSPS) is 11.8. The Hall–Kier alpha value is -8.25. The summed E-state index contributed by atoms with van der Waals surface area (Å²) < 4.78 is 4.97. The number of para-hydroxylation sites is 2. The lowest BCUT2D eigenvalue weighted by molar-refractivity contribution is 1.07. The number of aromatic nitrogens is 4. The van der Waals surface area contributed by atoms with Gasteiger partial charge in [-0.3, -0.25) is 0 Å². The summed E-state index contributed by atoms with van der Waals surface area (Å²) >= 11 is 1.85. The topological polar surface area (TPSA) is 43.6 Å². The van der Waals surface area contributed by atoms with Gasteiger partial charge in [0.2, 0.25) is 0 Å². The van der Waals surface area contributed by atoms with Crippen molar-refractivity contribution in [2.45, 2.75) is 0 Å². The van der Waals surface area contributed by atoms with Crippen molar-refractivity contribution in [3.8, 4) is 62.1 Å². The quantitative estimate of drug-likeness (QED) is 0.157. The SMILES string of the molecule is c1ccc(-c2ccc(-c3nc(-c4ccc(-c5cccc6c5sc5ccccc56)cc4)nc(-c4cc5ccccc5c5ccccc45)n3)c(-n3c4ccccc4c4ccccc43)c2)cc1. The lowest BCUT2D eigenvalue weighted by Gasteiger charge is -2.17. The van der Waals surface area contributed by atoms with Crippen molar-refractivity contribution in [2.24, 2.45) is 0 Å². The van der Waals surface area contributed by atoms with Crippen molar-refractivity contribution in [1.82, 2.24) is 19.5 Å². The van der Waals surface area contributed by atoms with Crippen LogP contribution in [-0.2, 0) is 0 Å². The molecule has 0 bridgehead atoms. The fourth-order valence-electron chi connectivity index (χ4n) is 9.66. The summed E-state index contributed by atoms with van der Waals surface area (Å²) in [6.07, 6.45) is 0. The summed E-state index contributed by atoms with van der Waals surface area (Å²) in [6.45, 7) is 0. The zero-order valence-corrected chi connectivity index (χ0v) is 35.3. The van der Waals surface area contributed by atoms with Gasteiger partial charge in [-0.05, 0) is 80.2 Å². The van der Waals surface area contributed by atoms with Gasteiger partial charge >= 0.3 is 0 Å². The maximum Gasteiger partial charge on any atom is 0.166 e. The number of fused-ring (bicyclic) bond motifs is 9. The fraction of sp³-hybridized carbons (Fsp3) is 0. The number of hydrogen-bond donors (Lipinski definition) is 0. The third-order valence-electron chi connectivity index (χ3n) is 12.7. The van der Waals surface area contributed by atoms with Gasteiger partial charge < -0.3 is 4.57 Å². The lowest BCUT2D eigenvalue weighted by Crippen LogP contribution is -2.04. The number of thiophene rings is 1. The van der Waals surface area contributed by atoms with Crippen LogP contribution >= 0.6 is 11.3 Å². The zero-order valence-electron chi connectivity index (χ0n) is 34.5. The molecule has 3 aromatic heterocycles. The summed E-state index contributed by atoms with van der Waals surface area (Å²) in [5, 5.41) is 9.57. The van der Waals surface area contributed by atoms with E-state index in [1.165, 1.54) is 41.9 Å². The minimum absolute atomic E-state index is 0.604. The van der Waals surface area contributed by atoms with Gasteiger partial charge in [0.15, 0.2) is 17.5 Å². The minimum Gasteiger partial charge on any atom is -0.308 e. The van der Waals surface area contributed by atoms with E-state index in [9.17, 15) is 0 Å². The van der Waals surface area contributed by atoms with Gasteiger partial charge in [-0.15, -0.1) is 11.3 Å². The molecule has 5 heteroatoms. The summed E-state index contributed by atoms with van der Waals surface area (Å²) in [4.78, 5) is 16.3. The van der Waals surface area contributed by atoms with Crippen molar-refractivity contribution >= 4 is 74.9 Å². The number of rotatable bonds is 6. The Morgan fingerprint density at radius 1 is 0.312 bits per heavy atom. The van der Waals surface area contributed by atoms with Gasteiger partial charge in [-0.2, -0.15) is 0 Å². The lowest BCUT2D eigenvalue weighted by atomic mass is 9.96. The average Bonchev–Trinajstić information content (AvgIpc) is 3.92. The van der Waals surface area contributed by atoms with Crippen LogP contribution in [0.4, 0.5) is 0 Å². The molecule has 0 radical (unpaired) electrons. The smallest absolute Gasteiger partial charge is 0.166 e. The highest BCUT2D eigenvalue weighted by molar-refractivity contribution is 7.26. The molecule has 13 aromatic rings. The zero-order chi connectivity index (χ0) is 42.1. The second kappa shape index (κ2) is 14.7. The van der Waals surface area contributed by atoms with Crippen LogP contribution in [0.15, 0.2) is 218 Å². The van der Waals surface area contributed by atoms with E-state index >= 15 is 0 Å². The van der Waals surface area contributed by atoms with Crippen LogP contribution < -0.4 is 0 Å². The van der Waals surface area contributed by atoms with Gasteiger partial charge in [-0.1, -0.05) is 182 Å². The average molecular weight is 833 g/mol. The van der Waals surface area contributed by atoms with Crippen molar-refractivity contribution < 1.29 is 0 Å². The minimum atomic E-state index is 0.604. The Morgan fingerprint density at radius 2 is 0.875 bits per heavy atom. The monoisotopic (exact) mass is 832 g/mol. The van der Waals surface area contributed by atoms with E-state index in [4.69, 9.17) is 15.0 Å². The summed E-state index contributed by atoms with van der Waals surface area (Å²) in [5.74, 6) is 1.85. The molecule has 10 aromatic carbocycles. The van der Waals surface area contributed by atoms with Gasteiger partial charge in [0.25, 0.3) is 0 Å². The number of hydrogen-bond acceptors (Lipinski definition) is 4. The second-order valence-corrected chi connectivity index (χ2v) is 17.4. The van der Waals surface area contributed by atoms with Crippen LogP contribution in [0, 0.1) is 0 Å². The second-order valence-electron chi connectivity index (χ2n) is 16.3. The molecule has 298 valence electrons. The molecule has 0 saturated heterocycles. The van der Waals surface area contributed by atoms with E-state index in [0.717, 1.165) is 66.3 Å². The Balaban J connectivity index is 1.06. The van der Waals surface area contributed by atoms with Gasteiger partial charge in [0.05, 0.1) is 16.7 Å². The molecular formula is C59H36N4S. The highest BCUT2D eigenvalue weighted by atomic mass is 32.1. The molecule has 0 aliphatic carbocycles. The Bertz CT molecular complexity index is 3900. The largest absolute Gasteiger partial charge is 0.308 e. The molecule has 13 rings (SSSR count). The van der Waals surface area contributed by atoms with Crippen molar-refractivity contribution in [2.75, 3.05) is 0 Å². The van der Waals surface area contributed by atoms with E-state index in [-0.39, 0.29) is 0 Å². The molecular weight excluding hydrogens is 797 g/mol. The third-order valence-corrected chi connectivity index (χ3v) is 13.9. The van der Waals surface area contributed by atoms with Gasteiger partial charge in [0.1, 0.15) is 0 Å². The Kier molecular flexibility index (Phi) is 8.36. The standard InChI is InChI=1S/C59H36N4S/c1-2-15-37(16-3-1)40-33-34-50(54(36-40)63-52-26-11-8-21-46(52)47-22-9-12-27-53(47)63)58-60-57(61-59(62-58)51-35-41-17-4-5-18-42(41)44-19-6-7-20-45(44)51)39-31-29-38(30-32-39)43-24-14-25-49-48-23-10-13-28-55(48)64-56(43)49/h1-36H. The predicted molar refractivity (Wildman–Crippen MR) is 269 cm³/mol. The molecule has 3 heterocycles. The molecule has 0 atom stereocenters. The van der Waals surface area contributed by atoms with Crippen molar-refractivity contribution in [3.63, 3.8) is 0 Å². The Morgan fingerprint density at radius 3 is 1.64 bits per heavy atom. The molecule has 0 amide bonds. The molecule has 0 unspecified atom stereocenters. The highest BCUT2D eigenvalue weighted by Gasteiger charge is 2.22. The molecule has 0 aliphatic heterocycles. The summed E-state index contributed by atoms with van der Waals surface area (Å²) in [6, 6.07) is 78.0. The molecule has 0 N–H and O–H groups in total. The molecule has 4 nitrogen and oxygen atoms in total. The first-order valence-electron chi connectivity index (χ1n) is 21.6. The fourth-order valence-corrected chi connectivity index (χ4v) is 10.9. The van der Waals surface area contributed by atoms with Gasteiger partial charge in [0, 0.05) is 47.6 Å². The van der Waals surface area contributed by atoms with Crippen LogP contribution in [0.2, 0.25) is 0 Å². The number of benzene rings is 10. The maximum atomic E-state index is 5.48. The molecule has 0 aliphatic rings. The maximum absolute atomic E-state index is 5.48. The van der Waals surface area contributed by atoms with E-state index in [2.05, 4.69) is 223 Å². The van der Waals surface area contributed by atoms with Crippen molar-refractivity contribution in [1.29, 1.82) is 0 Å². The summed E-state index contributed by atoms with van der Waals surface area (Å²) in [5.41, 5.74) is 10.7. The molecule has 0 spiro atoms. The highest BCUT2D eigenvalue weighted by Crippen LogP contribution is 2.42. The first kappa shape index (κ1) is 36.4. The van der Waals surface area contributed by atoms with E-state index in [1.54, 1.807) is 0 Å².